The van der Waals surface area contributed by atoms with Gasteiger partial charge in [0.25, 0.3) is 0 Å². The minimum atomic E-state index is -1.37. The molecule has 0 aromatic heterocycles. The third kappa shape index (κ3) is 4.35. The molecule has 0 spiro atoms. The third-order valence-electron chi connectivity index (χ3n) is 2.96. The number of allylic oxidation sites excluding steroid dienone is 8. The molecular weight excluding hydrogens is 346 g/mol. The molecule has 17 heavy (non-hydrogen) atoms. The van der Waals surface area contributed by atoms with E-state index in [0.717, 1.165) is 0 Å². The fraction of sp³-hybridized carbons (Fsp3) is 0.385. The molecule has 0 aromatic rings. The van der Waals surface area contributed by atoms with Gasteiger partial charge in [0.1, 0.15) is 0 Å². The summed E-state index contributed by atoms with van der Waals surface area (Å²) in [5.74, 6) is 0. The molecule has 0 radical (unpaired) electrons. The van der Waals surface area contributed by atoms with E-state index in [9.17, 15) is 0 Å². The van der Waals surface area contributed by atoms with Crippen molar-refractivity contribution < 1.29 is 45.2 Å². The zero-order valence-electron chi connectivity index (χ0n) is 10.6. The van der Waals surface area contributed by atoms with Gasteiger partial charge in [0.05, 0.1) is 0 Å². The number of hydrogen-bond donors (Lipinski definition) is 0. The van der Waals surface area contributed by atoms with E-state index >= 15 is 0 Å². The summed E-state index contributed by atoms with van der Waals surface area (Å²) in [6, 6.07) is 0. The number of hydrogen-bond acceptors (Lipinski definition) is 0. The van der Waals surface area contributed by atoms with Crippen molar-refractivity contribution >= 4 is 5.43 Å². The molecule has 0 N–H and O–H groups in total. The van der Waals surface area contributed by atoms with Crippen LogP contribution in [0.1, 0.15) is 19.8 Å². The molecule has 2 aliphatic carbocycles. The van der Waals surface area contributed by atoms with Crippen LogP contribution in [0.25, 0.3) is 0 Å². The maximum Gasteiger partial charge on any atom is -1.00 e. The zero-order valence-corrected chi connectivity index (χ0v) is 15.5. The van der Waals surface area contributed by atoms with Crippen molar-refractivity contribution in [2.24, 2.45) is 0 Å². The van der Waals surface area contributed by atoms with Gasteiger partial charge in [-0.1, -0.05) is 0 Å². The first kappa shape index (κ1) is 17.6. The van der Waals surface area contributed by atoms with Crippen LogP contribution < -0.4 is 24.8 Å². The normalized spacial score (nSPS) is 16.0. The Kier molecular flexibility index (Phi) is 8.24. The Hall–Kier alpha value is 0.640. The molecular formula is C13H18Cl2SiZr. The number of halogens is 2. The summed E-state index contributed by atoms with van der Waals surface area (Å²) in [6.45, 7) is 7.28. The Labute approximate surface area is 125 Å². The van der Waals surface area contributed by atoms with Crippen molar-refractivity contribution in [2.45, 2.75) is 32.9 Å². The Bertz CT molecular complexity index is 438. The van der Waals surface area contributed by atoms with Crippen molar-refractivity contribution in [3.8, 4) is 0 Å². The average molecular weight is 365 g/mol. The molecule has 0 nitrogen and oxygen atoms in total. The van der Waals surface area contributed by atoms with Crippen LogP contribution in [0.5, 0.6) is 0 Å². The summed E-state index contributed by atoms with van der Waals surface area (Å²) in [5, 5.41) is 0. The molecule has 2 aliphatic rings. The quantitative estimate of drug-likeness (QED) is 0.495. The van der Waals surface area contributed by atoms with E-state index in [0.29, 0.717) is 0 Å². The van der Waals surface area contributed by atoms with Crippen LogP contribution in [0.15, 0.2) is 42.5 Å². The van der Waals surface area contributed by atoms with Gasteiger partial charge in [-0.3, -0.25) is 0 Å². The second-order valence-electron chi connectivity index (χ2n) is 4.52. The van der Waals surface area contributed by atoms with E-state index in [4.69, 9.17) is 0 Å². The van der Waals surface area contributed by atoms with E-state index in [2.05, 4.69) is 50.4 Å². The van der Waals surface area contributed by atoms with E-state index in [-0.39, 0.29) is 30.2 Å². The molecule has 2 rings (SSSR count). The second kappa shape index (κ2) is 7.94. The average Bonchev–Trinajstić information content (AvgIpc) is 2.77. The summed E-state index contributed by atoms with van der Waals surface area (Å²) >= 11 is -1.37. The smallest absolute Gasteiger partial charge is 1.00 e. The first-order valence-electron chi connectivity index (χ1n) is 5.59. The fourth-order valence-electron chi connectivity index (χ4n) is 2.32. The minimum absolute atomic E-state index is 0. The van der Waals surface area contributed by atoms with Gasteiger partial charge in [-0.05, 0) is 0 Å². The van der Waals surface area contributed by atoms with Crippen LogP contribution >= 0.6 is 0 Å². The van der Waals surface area contributed by atoms with E-state index in [1.54, 1.807) is 0 Å². The molecule has 92 valence electrons. The summed E-state index contributed by atoms with van der Waals surface area (Å²) < 4.78 is 3.69. The van der Waals surface area contributed by atoms with Gasteiger partial charge in [-0.25, -0.2) is 0 Å². The third-order valence-corrected chi connectivity index (χ3v) is 20.1. The summed E-state index contributed by atoms with van der Waals surface area (Å²) in [6.07, 6.45) is 14.4. The summed E-state index contributed by atoms with van der Waals surface area (Å²) in [4.78, 5) is 0. The van der Waals surface area contributed by atoms with E-state index in [1.807, 2.05) is 6.56 Å². The van der Waals surface area contributed by atoms with Crippen molar-refractivity contribution in [1.82, 2.24) is 0 Å². The zero-order chi connectivity index (χ0) is 10.8. The molecule has 0 aliphatic heterocycles. The van der Waals surface area contributed by atoms with Gasteiger partial charge in [0.15, 0.2) is 0 Å². The predicted octanol–water partition coefficient (Wildman–Crippen LogP) is -2.06. The molecule has 0 saturated heterocycles. The van der Waals surface area contributed by atoms with Crippen LogP contribution in [-0.2, 0) is 20.4 Å². The van der Waals surface area contributed by atoms with Gasteiger partial charge in [0.2, 0.25) is 0 Å². The Morgan fingerprint density at radius 1 is 1.12 bits per heavy atom. The van der Waals surface area contributed by atoms with Crippen LogP contribution in [0, 0.1) is 0 Å². The largest absolute Gasteiger partial charge is 1.00 e. The van der Waals surface area contributed by atoms with Crippen molar-refractivity contribution in [2.75, 3.05) is 0 Å². The van der Waals surface area contributed by atoms with Crippen molar-refractivity contribution in [3.05, 3.63) is 42.5 Å². The summed E-state index contributed by atoms with van der Waals surface area (Å²) in [5.41, 5.74) is 1.42. The minimum Gasteiger partial charge on any atom is -1.00 e. The molecule has 0 bridgehead atoms. The second-order valence-corrected chi connectivity index (χ2v) is 21.9. The Morgan fingerprint density at radius 2 is 1.82 bits per heavy atom. The molecule has 4 heteroatoms. The van der Waals surface area contributed by atoms with Gasteiger partial charge in [0, 0.05) is 0 Å². The standard InChI is InChI=1S/C6H7.C5H5.C2H6Si.2ClH.Zr/c1-6-4-2-3-5-6;1-2-4-5-3-1;1-3-2;;;/h4-5H,2H2,1H3;1-3H,4H2;1-2H3;2*1H;/q;;;;;+2/p-2. The number of rotatable bonds is 2. The van der Waals surface area contributed by atoms with Crippen LogP contribution in [0.4, 0.5) is 0 Å². The maximum atomic E-state index is 2.52. The first-order chi connectivity index (χ1) is 7.18. The van der Waals surface area contributed by atoms with Crippen LogP contribution in [0.2, 0.25) is 13.1 Å². The van der Waals surface area contributed by atoms with Crippen molar-refractivity contribution in [3.63, 3.8) is 0 Å². The van der Waals surface area contributed by atoms with E-state index < -0.39 is 20.4 Å². The molecule has 0 unspecified atom stereocenters. The Balaban J connectivity index is 0.00000128. The molecule has 0 aromatic carbocycles. The van der Waals surface area contributed by atoms with Crippen LogP contribution in [-0.4, -0.2) is 5.43 Å². The first-order valence-corrected chi connectivity index (χ1v) is 14.2. The monoisotopic (exact) mass is 362 g/mol. The molecule has 0 heterocycles. The summed E-state index contributed by atoms with van der Waals surface area (Å²) in [7, 11) is 0. The SMILES string of the molecule is CC1=CC[C]([Zr+2]([C]2=CC=CC2)=[Si](C)C)=C1.[Cl-].[Cl-]. The van der Waals surface area contributed by atoms with Gasteiger partial charge >= 0.3 is 101 Å². The maximum absolute atomic E-state index is 2.52. The molecule has 0 atom stereocenters. The molecule has 0 amide bonds. The van der Waals surface area contributed by atoms with Gasteiger partial charge in [-0.15, -0.1) is 0 Å². The van der Waals surface area contributed by atoms with Gasteiger partial charge < -0.3 is 24.8 Å². The topological polar surface area (TPSA) is 0 Å². The Morgan fingerprint density at radius 3 is 2.24 bits per heavy atom. The molecule has 0 fully saturated rings. The van der Waals surface area contributed by atoms with Crippen LogP contribution in [0.3, 0.4) is 0 Å². The fourth-order valence-corrected chi connectivity index (χ4v) is 19.3. The van der Waals surface area contributed by atoms with Gasteiger partial charge in [-0.2, -0.15) is 0 Å². The van der Waals surface area contributed by atoms with E-state index in [1.165, 1.54) is 18.4 Å². The molecule has 0 saturated carbocycles. The van der Waals surface area contributed by atoms with Crippen molar-refractivity contribution in [1.29, 1.82) is 0 Å². The predicted molar refractivity (Wildman–Crippen MR) is 65.8 cm³/mol.